The van der Waals surface area contributed by atoms with E-state index in [0.717, 1.165) is 0 Å². The molecule has 1 atom stereocenters. The van der Waals surface area contributed by atoms with Crippen LogP contribution in [0.4, 0.5) is 0 Å². The lowest BCUT2D eigenvalue weighted by molar-refractivity contribution is -0.150. The summed E-state index contributed by atoms with van der Waals surface area (Å²) in [6.07, 6.45) is 1.36. The maximum Gasteiger partial charge on any atom is 0.307 e. The summed E-state index contributed by atoms with van der Waals surface area (Å²) >= 11 is 0. The molecule has 0 aliphatic carbocycles. The Morgan fingerprint density at radius 3 is 2.19 bits per heavy atom. The number of carboxylic acids is 1. The lowest BCUT2D eigenvalue weighted by Gasteiger charge is -2.11. The molecule has 0 radical (unpaired) electrons. The fourth-order valence-electron chi connectivity index (χ4n) is 0.993. The molecule has 16 heavy (non-hydrogen) atoms. The monoisotopic (exact) mass is 266 g/mol. The third-order valence-corrected chi connectivity index (χ3v) is 4.31. The highest BCUT2D eigenvalue weighted by atomic mass is 33.1. The summed E-state index contributed by atoms with van der Waals surface area (Å²) in [4.78, 5) is 20.5. The second-order valence-electron chi connectivity index (χ2n) is 3.24. The first-order chi connectivity index (χ1) is 7.56. The smallest absolute Gasteiger partial charge is 0.307 e. The molecule has 0 aromatic heterocycles. The van der Waals surface area contributed by atoms with Crippen molar-refractivity contribution < 1.29 is 19.4 Å². The van der Waals surface area contributed by atoms with Gasteiger partial charge in [-0.05, 0) is 12.8 Å². The molecule has 1 heterocycles. The van der Waals surface area contributed by atoms with Gasteiger partial charge in [-0.25, -0.2) is 0 Å². The van der Waals surface area contributed by atoms with Crippen LogP contribution in [0.2, 0.25) is 0 Å². The first-order valence-electron chi connectivity index (χ1n) is 5.19. The van der Waals surface area contributed by atoms with Crippen LogP contribution in [0, 0.1) is 0 Å². The summed E-state index contributed by atoms with van der Waals surface area (Å²) in [6.45, 7) is 3.04. The summed E-state index contributed by atoms with van der Waals surface area (Å²) in [7, 11) is 3.98. The standard InChI is InChI=1S/C7H12O4.C3H6S2/c1-3-6(4-7(9)10)11-5(2)8;1-2-4-5-3-1/h6H,3-4H2,1-2H3,(H,9,10);1-3H2. The van der Waals surface area contributed by atoms with Crippen molar-refractivity contribution in [1.29, 1.82) is 0 Å². The van der Waals surface area contributed by atoms with Gasteiger partial charge in [-0.15, -0.1) is 0 Å². The van der Waals surface area contributed by atoms with Gasteiger partial charge in [0.25, 0.3) is 0 Å². The molecule has 0 amide bonds. The fraction of sp³-hybridized carbons (Fsp3) is 0.800. The number of carbonyl (C=O) groups is 2. The van der Waals surface area contributed by atoms with E-state index >= 15 is 0 Å². The molecule has 0 aromatic rings. The molecular formula is C10H18O4S2. The second-order valence-corrected chi connectivity index (χ2v) is 5.94. The first-order valence-corrected chi connectivity index (χ1v) is 7.68. The largest absolute Gasteiger partial charge is 0.481 e. The Bertz CT molecular complexity index is 193. The van der Waals surface area contributed by atoms with Crippen molar-refractivity contribution in [1.82, 2.24) is 0 Å². The Morgan fingerprint density at radius 2 is 1.94 bits per heavy atom. The van der Waals surface area contributed by atoms with Crippen molar-refractivity contribution in [3.63, 3.8) is 0 Å². The van der Waals surface area contributed by atoms with Gasteiger partial charge in [0, 0.05) is 18.4 Å². The zero-order valence-electron chi connectivity index (χ0n) is 9.60. The molecule has 6 heteroatoms. The van der Waals surface area contributed by atoms with Gasteiger partial charge < -0.3 is 9.84 Å². The van der Waals surface area contributed by atoms with Gasteiger partial charge in [-0.3, -0.25) is 9.59 Å². The van der Waals surface area contributed by atoms with Crippen molar-refractivity contribution in [3.05, 3.63) is 0 Å². The Balaban J connectivity index is 0.000000368. The van der Waals surface area contributed by atoms with E-state index in [9.17, 15) is 9.59 Å². The van der Waals surface area contributed by atoms with Crippen molar-refractivity contribution in [2.45, 2.75) is 39.2 Å². The number of aliphatic carboxylic acids is 1. The van der Waals surface area contributed by atoms with Crippen molar-refractivity contribution in [3.8, 4) is 0 Å². The Kier molecular flexibility index (Phi) is 9.62. The highest BCUT2D eigenvalue weighted by molar-refractivity contribution is 8.77. The molecule has 1 aliphatic rings. The van der Waals surface area contributed by atoms with Gasteiger partial charge in [0.1, 0.15) is 6.10 Å². The third-order valence-electron chi connectivity index (χ3n) is 1.73. The number of ether oxygens (including phenoxy) is 1. The number of rotatable bonds is 4. The average Bonchev–Trinajstić information content (AvgIpc) is 2.72. The van der Waals surface area contributed by atoms with Gasteiger partial charge >= 0.3 is 11.9 Å². The Hall–Kier alpha value is -0.360. The summed E-state index contributed by atoms with van der Waals surface area (Å²) in [5.74, 6) is 1.38. The van der Waals surface area contributed by atoms with E-state index in [1.54, 1.807) is 6.92 Å². The predicted molar refractivity (Wildman–Crippen MR) is 67.6 cm³/mol. The van der Waals surface area contributed by atoms with Crippen LogP contribution in [0.1, 0.15) is 33.1 Å². The van der Waals surface area contributed by atoms with Crippen LogP contribution < -0.4 is 0 Å². The molecule has 0 saturated carbocycles. The second kappa shape index (κ2) is 9.84. The van der Waals surface area contributed by atoms with Gasteiger partial charge in [0.05, 0.1) is 6.42 Å². The van der Waals surface area contributed by atoms with Gasteiger partial charge in [-0.2, -0.15) is 0 Å². The minimum Gasteiger partial charge on any atom is -0.481 e. The normalized spacial score (nSPS) is 15.9. The highest BCUT2D eigenvalue weighted by Gasteiger charge is 2.13. The molecule has 0 bridgehead atoms. The molecule has 1 aliphatic heterocycles. The van der Waals surface area contributed by atoms with E-state index in [4.69, 9.17) is 9.84 Å². The molecule has 4 nitrogen and oxygen atoms in total. The number of carbonyl (C=O) groups excluding carboxylic acids is 1. The molecule has 1 saturated heterocycles. The van der Waals surface area contributed by atoms with Crippen LogP contribution in [0.15, 0.2) is 0 Å². The maximum absolute atomic E-state index is 10.4. The molecular weight excluding hydrogens is 248 g/mol. The highest BCUT2D eigenvalue weighted by Crippen LogP contribution is 2.29. The lowest BCUT2D eigenvalue weighted by Crippen LogP contribution is -2.19. The summed E-state index contributed by atoms with van der Waals surface area (Å²) < 4.78 is 4.69. The van der Waals surface area contributed by atoms with Gasteiger partial charge in [0.15, 0.2) is 0 Å². The quantitative estimate of drug-likeness (QED) is 0.623. The number of hydrogen-bond donors (Lipinski definition) is 1. The topological polar surface area (TPSA) is 63.6 Å². The zero-order chi connectivity index (χ0) is 12.4. The van der Waals surface area contributed by atoms with Crippen LogP contribution in [0.3, 0.4) is 0 Å². The molecule has 1 rings (SSSR count). The van der Waals surface area contributed by atoms with Gasteiger partial charge in [-0.1, -0.05) is 28.5 Å². The molecule has 1 N–H and O–H groups in total. The van der Waals surface area contributed by atoms with E-state index in [2.05, 4.69) is 0 Å². The Labute approximate surface area is 104 Å². The molecule has 1 fully saturated rings. The van der Waals surface area contributed by atoms with E-state index in [1.165, 1.54) is 24.9 Å². The third kappa shape index (κ3) is 10.2. The summed E-state index contributed by atoms with van der Waals surface area (Å²) in [6, 6.07) is 0. The summed E-state index contributed by atoms with van der Waals surface area (Å²) in [5, 5.41) is 8.34. The lowest BCUT2D eigenvalue weighted by atomic mass is 10.2. The fourth-order valence-corrected chi connectivity index (χ4v) is 3.35. The van der Waals surface area contributed by atoms with Crippen molar-refractivity contribution >= 4 is 33.5 Å². The zero-order valence-corrected chi connectivity index (χ0v) is 11.2. The van der Waals surface area contributed by atoms with Crippen LogP contribution in [0.25, 0.3) is 0 Å². The van der Waals surface area contributed by atoms with Crippen LogP contribution in [-0.4, -0.2) is 34.7 Å². The minimum atomic E-state index is -0.946. The van der Waals surface area contributed by atoms with E-state index in [1.807, 2.05) is 21.6 Å². The van der Waals surface area contributed by atoms with Crippen LogP contribution >= 0.6 is 21.6 Å². The SMILES string of the molecule is C1CSSC1.CCC(CC(=O)O)OC(C)=O. The molecule has 94 valence electrons. The van der Waals surface area contributed by atoms with Crippen LogP contribution in [0.5, 0.6) is 0 Å². The van der Waals surface area contributed by atoms with E-state index in [-0.39, 0.29) is 6.42 Å². The Morgan fingerprint density at radius 1 is 1.38 bits per heavy atom. The number of carboxylic acid groups (broad SMARTS) is 1. The molecule has 0 aromatic carbocycles. The van der Waals surface area contributed by atoms with E-state index in [0.29, 0.717) is 6.42 Å². The van der Waals surface area contributed by atoms with Gasteiger partial charge in [0.2, 0.25) is 0 Å². The molecule has 0 spiro atoms. The van der Waals surface area contributed by atoms with Crippen LogP contribution in [-0.2, 0) is 14.3 Å². The number of hydrogen-bond acceptors (Lipinski definition) is 5. The average molecular weight is 266 g/mol. The minimum absolute atomic E-state index is 0.115. The number of esters is 1. The van der Waals surface area contributed by atoms with Crippen molar-refractivity contribution in [2.24, 2.45) is 0 Å². The molecule has 1 unspecified atom stereocenters. The van der Waals surface area contributed by atoms with Crippen molar-refractivity contribution in [2.75, 3.05) is 11.5 Å². The predicted octanol–water partition coefficient (Wildman–Crippen LogP) is 2.57. The maximum atomic E-state index is 10.4. The summed E-state index contributed by atoms with van der Waals surface area (Å²) in [5.41, 5.74) is 0. The van der Waals surface area contributed by atoms with E-state index < -0.39 is 18.0 Å². The first kappa shape index (κ1) is 15.6.